The lowest BCUT2D eigenvalue weighted by Gasteiger charge is -2.44. The lowest BCUT2D eigenvalue weighted by atomic mass is 9.59. The molecule has 0 saturated carbocycles. The molecule has 3 aromatic rings. The van der Waals surface area contributed by atoms with E-state index >= 15 is 0 Å². The molecule has 0 atom stereocenters. The number of rotatable bonds is 1. The van der Waals surface area contributed by atoms with Gasteiger partial charge in [-0.05, 0) is 49.3 Å². The molecule has 0 N–H and O–H groups in total. The Kier molecular flexibility index (Phi) is 3.26. The quantitative estimate of drug-likeness (QED) is 0.447. The second-order valence-corrected chi connectivity index (χ2v) is 9.16. The van der Waals surface area contributed by atoms with Gasteiger partial charge in [0.05, 0.1) is 0 Å². The molecule has 0 heteroatoms. The van der Waals surface area contributed by atoms with Crippen LogP contribution in [0, 0.1) is 5.41 Å². The molecule has 0 bridgehead atoms. The lowest BCUT2D eigenvalue weighted by molar-refractivity contribution is 0.125. The van der Waals surface area contributed by atoms with Crippen molar-refractivity contribution in [2.45, 2.75) is 52.4 Å². The molecule has 0 spiro atoms. The van der Waals surface area contributed by atoms with Gasteiger partial charge in [-0.3, -0.25) is 0 Å². The zero-order valence-electron chi connectivity index (χ0n) is 16.3. The molecule has 1 aliphatic rings. The van der Waals surface area contributed by atoms with E-state index in [0.29, 0.717) is 0 Å². The topological polar surface area (TPSA) is 0 Å². The summed E-state index contributed by atoms with van der Waals surface area (Å²) in [5.41, 5.74) is 6.20. The minimum Gasteiger partial charge on any atom is -0.0616 e. The van der Waals surface area contributed by atoms with Gasteiger partial charge in [-0.15, -0.1) is 0 Å². The molecule has 0 saturated heterocycles. The summed E-state index contributed by atoms with van der Waals surface area (Å²) in [7, 11) is 0. The Morgan fingerprint density at radius 3 is 2.00 bits per heavy atom. The first-order valence-corrected chi connectivity index (χ1v) is 9.31. The van der Waals surface area contributed by atoms with Gasteiger partial charge in [-0.1, -0.05) is 102 Å². The zero-order valence-corrected chi connectivity index (χ0v) is 16.3. The van der Waals surface area contributed by atoms with Crippen molar-refractivity contribution < 1.29 is 0 Å². The summed E-state index contributed by atoms with van der Waals surface area (Å²) in [6.07, 6.45) is 0. The van der Waals surface area contributed by atoms with Crippen molar-refractivity contribution in [1.82, 2.24) is 0 Å². The van der Waals surface area contributed by atoms with Gasteiger partial charge in [0.15, 0.2) is 0 Å². The van der Waals surface area contributed by atoms with Crippen molar-refractivity contribution in [1.29, 1.82) is 0 Å². The molecule has 0 fully saturated rings. The van der Waals surface area contributed by atoms with Crippen LogP contribution in [-0.2, 0) is 10.8 Å². The molecule has 4 rings (SSSR count). The smallest absolute Gasteiger partial charge is 0.00410 e. The summed E-state index contributed by atoms with van der Waals surface area (Å²) in [6.45, 7) is 14.5. The van der Waals surface area contributed by atoms with E-state index in [1.807, 2.05) is 0 Å². The molecular weight excluding hydrogens is 300 g/mol. The highest BCUT2D eigenvalue weighted by molar-refractivity contribution is 5.96. The van der Waals surface area contributed by atoms with Crippen LogP contribution in [0.2, 0.25) is 0 Å². The second kappa shape index (κ2) is 4.97. The van der Waals surface area contributed by atoms with Gasteiger partial charge in [-0.25, -0.2) is 0 Å². The Morgan fingerprint density at radius 1 is 0.600 bits per heavy atom. The highest BCUT2D eigenvalue weighted by atomic mass is 14.6. The largest absolute Gasteiger partial charge is 0.0616 e. The maximum Gasteiger partial charge on any atom is -0.00410 e. The van der Waals surface area contributed by atoms with Crippen LogP contribution in [0.25, 0.3) is 21.9 Å². The molecular formula is C25H28. The van der Waals surface area contributed by atoms with E-state index in [2.05, 4.69) is 102 Å². The van der Waals surface area contributed by atoms with E-state index in [1.54, 1.807) is 0 Å². The van der Waals surface area contributed by atoms with Crippen LogP contribution < -0.4 is 0 Å². The van der Waals surface area contributed by atoms with Gasteiger partial charge in [0.2, 0.25) is 0 Å². The fourth-order valence-electron chi connectivity index (χ4n) is 4.71. The van der Waals surface area contributed by atoms with E-state index in [4.69, 9.17) is 0 Å². The summed E-state index contributed by atoms with van der Waals surface area (Å²) in [4.78, 5) is 0. The minimum atomic E-state index is 0.145. The van der Waals surface area contributed by atoms with Crippen LogP contribution in [0.5, 0.6) is 0 Å². The number of fused-ring (bicyclic) bond motifs is 2. The summed E-state index contributed by atoms with van der Waals surface area (Å²) in [5, 5.41) is 2.64. The van der Waals surface area contributed by atoms with Crippen molar-refractivity contribution in [3.8, 4) is 11.1 Å². The molecule has 0 amide bonds. The zero-order chi connectivity index (χ0) is 18.0. The highest BCUT2D eigenvalue weighted by Gasteiger charge is 2.56. The molecule has 128 valence electrons. The molecule has 0 nitrogen and oxygen atoms in total. The van der Waals surface area contributed by atoms with Gasteiger partial charge >= 0.3 is 0 Å². The van der Waals surface area contributed by atoms with Gasteiger partial charge in [0.1, 0.15) is 0 Å². The number of hydrogen-bond acceptors (Lipinski definition) is 0. The fraction of sp³-hybridized carbons (Fsp3) is 0.360. The number of benzene rings is 3. The molecule has 25 heavy (non-hydrogen) atoms. The summed E-state index contributed by atoms with van der Waals surface area (Å²) in [6, 6.07) is 22.4. The molecule has 0 aliphatic heterocycles. The lowest BCUT2D eigenvalue weighted by Crippen LogP contribution is -2.42. The minimum absolute atomic E-state index is 0.145. The maximum absolute atomic E-state index is 2.45. The van der Waals surface area contributed by atoms with Crippen LogP contribution in [0.3, 0.4) is 0 Å². The van der Waals surface area contributed by atoms with Gasteiger partial charge in [0, 0.05) is 0 Å². The molecule has 0 unspecified atom stereocenters. The normalized spacial score (nSPS) is 19.8. The third kappa shape index (κ3) is 2.00. The van der Waals surface area contributed by atoms with Crippen molar-refractivity contribution in [3.05, 3.63) is 71.8 Å². The third-order valence-electron chi connectivity index (χ3n) is 7.59. The van der Waals surface area contributed by atoms with E-state index < -0.39 is 0 Å². The summed E-state index contributed by atoms with van der Waals surface area (Å²) < 4.78 is 0. The van der Waals surface area contributed by atoms with Gasteiger partial charge in [-0.2, -0.15) is 0 Å². The first-order valence-electron chi connectivity index (χ1n) is 9.31. The van der Waals surface area contributed by atoms with E-state index in [0.717, 1.165) is 0 Å². The third-order valence-corrected chi connectivity index (χ3v) is 7.59. The first-order chi connectivity index (χ1) is 11.7. The Labute approximate surface area is 151 Å². The molecule has 0 aromatic heterocycles. The summed E-state index contributed by atoms with van der Waals surface area (Å²) in [5.74, 6) is 0. The van der Waals surface area contributed by atoms with Gasteiger partial charge < -0.3 is 0 Å². The molecule has 3 aromatic carbocycles. The van der Waals surface area contributed by atoms with Crippen LogP contribution in [0.15, 0.2) is 60.7 Å². The molecule has 0 radical (unpaired) electrons. The van der Waals surface area contributed by atoms with Crippen molar-refractivity contribution >= 4 is 10.8 Å². The summed E-state index contributed by atoms with van der Waals surface area (Å²) >= 11 is 0. The van der Waals surface area contributed by atoms with Crippen LogP contribution in [0.1, 0.15) is 52.7 Å². The van der Waals surface area contributed by atoms with Crippen molar-refractivity contribution in [2.24, 2.45) is 5.41 Å². The Hall–Kier alpha value is -2.08. The average molecular weight is 328 g/mol. The van der Waals surface area contributed by atoms with E-state index in [-0.39, 0.29) is 16.2 Å². The first kappa shape index (κ1) is 16.4. The average Bonchev–Trinajstić information content (AvgIpc) is 2.69. The Morgan fingerprint density at radius 2 is 1.24 bits per heavy atom. The Balaban J connectivity index is 1.98. The van der Waals surface area contributed by atoms with Gasteiger partial charge in [0.25, 0.3) is 0 Å². The van der Waals surface area contributed by atoms with Crippen LogP contribution >= 0.6 is 0 Å². The SMILES string of the molecule is CC1(C)c2ccc(-c3cccc4ccccc34)cc2C(C)(C)C1(C)C. The molecule has 0 heterocycles. The van der Waals surface area contributed by atoms with E-state index in [9.17, 15) is 0 Å². The monoisotopic (exact) mass is 328 g/mol. The van der Waals surface area contributed by atoms with Crippen LogP contribution in [-0.4, -0.2) is 0 Å². The van der Waals surface area contributed by atoms with Crippen molar-refractivity contribution in [2.75, 3.05) is 0 Å². The predicted molar refractivity (Wildman–Crippen MR) is 109 cm³/mol. The second-order valence-electron chi connectivity index (χ2n) is 9.16. The highest BCUT2D eigenvalue weighted by Crippen LogP contribution is 2.61. The van der Waals surface area contributed by atoms with Crippen LogP contribution in [0.4, 0.5) is 0 Å². The maximum atomic E-state index is 2.45. The fourth-order valence-corrected chi connectivity index (χ4v) is 4.71. The Bertz CT molecular complexity index is 965. The van der Waals surface area contributed by atoms with Crippen molar-refractivity contribution in [3.63, 3.8) is 0 Å². The van der Waals surface area contributed by atoms with E-state index in [1.165, 1.54) is 33.0 Å². The predicted octanol–water partition coefficient (Wildman–Crippen LogP) is 7.10. The number of hydrogen-bond donors (Lipinski definition) is 0. The standard InChI is InChI=1S/C25H28/c1-23(2)21-15-14-18(16-22(21)24(3,4)25(23,5)6)20-13-9-11-17-10-7-8-12-19(17)20/h7-16H,1-6H3. The molecule has 1 aliphatic carbocycles.